The highest BCUT2D eigenvalue weighted by Gasteiger charge is 2.25. The number of fused-ring (bicyclic) bond motifs is 1. The smallest absolute Gasteiger partial charge is 0.231 e. The molecule has 0 saturated carbocycles. The van der Waals surface area contributed by atoms with Crippen LogP contribution in [0.25, 0.3) is 0 Å². The molecule has 0 aromatic heterocycles. The third-order valence-corrected chi connectivity index (χ3v) is 3.87. The summed E-state index contributed by atoms with van der Waals surface area (Å²) in [7, 11) is 0. The molecule has 0 saturated heterocycles. The van der Waals surface area contributed by atoms with Gasteiger partial charge in [-0.05, 0) is 6.07 Å². The minimum absolute atomic E-state index is 0.0985. The summed E-state index contributed by atoms with van der Waals surface area (Å²) >= 11 is 6.97. The summed E-state index contributed by atoms with van der Waals surface area (Å²) < 4.78 is 10.3. The van der Waals surface area contributed by atoms with Crippen LogP contribution in [0, 0.1) is 0 Å². The van der Waals surface area contributed by atoms with E-state index in [0.717, 1.165) is 11.8 Å². The van der Waals surface area contributed by atoms with Crippen molar-refractivity contribution in [3.05, 3.63) is 22.7 Å². The standard InChI is InChI=1S/C12H13ClO5S/c1-6(14)19-4-9(15)12(16)7-2-10-11(3-8(7)13)18-5-17-10/h2-3,9,12,15-16H,4-5H2,1H3. The van der Waals surface area contributed by atoms with Gasteiger partial charge < -0.3 is 19.7 Å². The molecule has 2 N–H and O–H groups in total. The van der Waals surface area contributed by atoms with Crippen molar-refractivity contribution in [3.8, 4) is 11.5 Å². The third kappa shape index (κ3) is 3.33. The fourth-order valence-electron chi connectivity index (χ4n) is 1.66. The van der Waals surface area contributed by atoms with Gasteiger partial charge in [0.05, 0.1) is 11.1 Å². The van der Waals surface area contributed by atoms with Crippen LogP contribution in [0.2, 0.25) is 5.02 Å². The van der Waals surface area contributed by atoms with Gasteiger partial charge >= 0.3 is 0 Å². The number of rotatable bonds is 4. The Bertz CT molecular complexity index is 493. The molecule has 1 heterocycles. The van der Waals surface area contributed by atoms with Crippen LogP contribution in [0.4, 0.5) is 0 Å². The molecule has 2 atom stereocenters. The van der Waals surface area contributed by atoms with E-state index >= 15 is 0 Å². The van der Waals surface area contributed by atoms with Crippen molar-refractivity contribution in [2.24, 2.45) is 0 Å². The number of hydrogen-bond donors (Lipinski definition) is 2. The lowest BCUT2D eigenvalue weighted by molar-refractivity contribution is -0.109. The molecule has 2 rings (SSSR count). The van der Waals surface area contributed by atoms with E-state index < -0.39 is 12.2 Å². The first kappa shape index (κ1) is 14.5. The van der Waals surface area contributed by atoms with Crippen LogP contribution in [-0.2, 0) is 4.79 Å². The van der Waals surface area contributed by atoms with Gasteiger partial charge in [-0.3, -0.25) is 4.79 Å². The second-order valence-electron chi connectivity index (χ2n) is 4.04. The molecule has 0 spiro atoms. The maximum atomic E-state index is 10.8. The lowest BCUT2D eigenvalue weighted by atomic mass is 10.0. The third-order valence-electron chi connectivity index (χ3n) is 2.63. The zero-order valence-corrected chi connectivity index (χ0v) is 11.7. The zero-order chi connectivity index (χ0) is 14.0. The average Bonchev–Trinajstić information content (AvgIpc) is 2.80. The first-order chi connectivity index (χ1) is 8.99. The van der Waals surface area contributed by atoms with Crippen LogP contribution in [0.15, 0.2) is 12.1 Å². The highest BCUT2D eigenvalue weighted by Crippen LogP contribution is 2.39. The topological polar surface area (TPSA) is 76.0 Å². The molecule has 0 aliphatic carbocycles. The Morgan fingerprint density at radius 2 is 2.05 bits per heavy atom. The maximum Gasteiger partial charge on any atom is 0.231 e. The number of ether oxygens (including phenoxy) is 2. The molecular weight excluding hydrogens is 292 g/mol. The van der Waals surface area contributed by atoms with Crippen molar-refractivity contribution in [2.45, 2.75) is 19.1 Å². The van der Waals surface area contributed by atoms with Gasteiger partial charge in [0, 0.05) is 24.3 Å². The fraction of sp³-hybridized carbons (Fsp3) is 0.417. The monoisotopic (exact) mass is 304 g/mol. The Morgan fingerprint density at radius 3 is 2.68 bits per heavy atom. The first-order valence-electron chi connectivity index (χ1n) is 5.57. The van der Waals surface area contributed by atoms with Crippen molar-refractivity contribution < 1.29 is 24.5 Å². The van der Waals surface area contributed by atoms with E-state index in [1.165, 1.54) is 19.1 Å². The van der Waals surface area contributed by atoms with Crippen LogP contribution < -0.4 is 9.47 Å². The lowest BCUT2D eigenvalue weighted by Gasteiger charge is -2.18. The normalized spacial score (nSPS) is 16.2. The summed E-state index contributed by atoms with van der Waals surface area (Å²) in [4.78, 5) is 10.8. The Morgan fingerprint density at radius 1 is 1.42 bits per heavy atom. The molecule has 5 nitrogen and oxygen atoms in total. The summed E-state index contributed by atoms with van der Waals surface area (Å²) in [6.45, 7) is 1.51. The van der Waals surface area contributed by atoms with Crippen LogP contribution in [0.5, 0.6) is 11.5 Å². The summed E-state index contributed by atoms with van der Waals surface area (Å²) in [5, 5.41) is 20.1. The van der Waals surface area contributed by atoms with E-state index in [-0.39, 0.29) is 22.7 Å². The van der Waals surface area contributed by atoms with Crippen LogP contribution >= 0.6 is 23.4 Å². The zero-order valence-electron chi connectivity index (χ0n) is 10.1. The minimum atomic E-state index is -1.19. The number of carbonyl (C=O) groups is 1. The minimum Gasteiger partial charge on any atom is -0.454 e. The Labute approximate surface area is 119 Å². The largest absolute Gasteiger partial charge is 0.454 e. The SMILES string of the molecule is CC(=O)SCC(O)C(O)c1cc2c(cc1Cl)OCO2. The molecule has 7 heteroatoms. The highest BCUT2D eigenvalue weighted by molar-refractivity contribution is 8.13. The number of carbonyl (C=O) groups excluding carboxylic acids is 1. The van der Waals surface area contributed by atoms with E-state index in [1.807, 2.05) is 0 Å². The van der Waals surface area contributed by atoms with Gasteiger partial charge in [0.15, 0.2) is 16.6 Å². The molecule has 19 heavy (non-hydrogen) atoms. The van der Waals surface area contributed by atoms with E-state index in [4.69, 9.17) is 21.1 Å². The number of thioether (sulfide) groups is 1. The second kappa shape index (κ2) is 6.00. The van der Waals surface area contributed by atoms with Gasteiger partial charge in [-0.15, -0.1) is 0 Å². The van der Waals surface area contributed by atoms with E-state index in [1.54, 1.807) is 0 Å². The molecule has 0 bridgehead atoms. The van der Waals surface area contributed by atoms with E-state index in [0.29, 0.717) is 17.1 Å². The Kier molecular flexibility index (Phi) is 4.57. The lowest BCUT2D eigenvalue weighted by Crippen LogP contribution is -2.21. The van der Waals surface area contributed by atoms with Gasteiger partial charge in [0.1, 0.15) is 6.10 Å². The molecule has 1 aliphatic rings. The molecule has 0 radical (unpaired) electrons. The summed E-state index contributed by atoms with van der Waals surface area (Å²) in [5.74, 6) is 1.08. The van der Waals surface area contributed by atoms with Crippen molar-refractivity contribution >= 4 is 28.5 Å². The predicted octanol–water partition coefficient (Wildman–Crippen LogP) is 1.74. The number of benzene rings is 1. The quantitative estimate of drug-likeness (QED) is 0.882. The van der Waals surface area contributed by atoms with Gasteiger partial charge in [-0.25, -0.2) is 0 Å². The van der Waals surface area contributed by atoms with Crippen molar-refractivity contribution in [1.29, 1.82) is 0 Å². The molecular formula is C12H13ClO5S. The molecule has 1 aromatic carbocycles. The van der Waals surface area contributed by atoms with Gasteiger partial charge in [-0.2, -0.15) is 0 Å². The Hall–Kier alpha value is -0.950. The van der Waals surface area contributed by atoms with Crippen LogP contribution in [-0.4, -0.2) is 34.0 Å². The average molecular weight is 305 g/mol. The molecule has 0 fully saturated rings. The van der Waals surface area contributed by atoms with E-state index in [2.05, 4.69) is 0 Å². The van der Waals surface area contributed by atoms with Crippen LogP contribution in [0.3, 0.4) is 0 Å². The van der Waals surface area contributed by atoms with Gasteiger partial charge in [0.2, 0.25) is 6.79 Å². The molecule has 2 unspecified atom stereocenters. The Balaban J connectivity index is 2.14. The second-order valence-corrected chi connectivity index (χ2v) is 5.65. The maximum absolute atomic E-state index is 10.8. The predicted molar refractivity (Wildman–Crippen MR) is 71.7 cm³/mol. The summed E-state index contributed by atoms with van der Waals surface area (Å²) in [6, 6.07) is 3.07. The van der Waals surface area contributed by atoms with Crippen molar-refractivity contribution in [2.75, 3.05) is 12.5 Å². The van der Waals surface area contributed by atoms with Gasteiger partial charge in [-0.1, -0.05) is 23.4 Å². The van der Waals surface area contributed by atoms with Crippen molar-refractivity contribution in [1.82, 2.24) is 0 Å². The van der Waals surface area contributed by atoms with E-state index in [9.17, 15) is 15.0 Å². The molecule has 104 valence electrons. The van der Waals surface area contributed by atoms with Crippen LogP contribution in [0.1, 0.15) is 18.6 Å². The van der Waals surface area contributed by atoms with Gasteiger partial charge in [0.25, 0.3) is 0 Å². The van der Waals surface area contributed by atoms with Crippen molar-refractivity contribution in [3.63, 3.8) is 0 Å². The number of aliphatic hydroxyl groups is 2. The molecule has 0 amide bonds. The summed E-state index contributed by atoms with van der Waals surface area (Å²) in [5.41, 5.74) is 0.350. The fourth-order valence-corrected chi connectivity index (χ4v) is 2.51. The molecule has 1 aliphatic heterocycles. The number of hydrogen-bond acceptors (Lipinski definition) is 6. The molecule has 1 aromatic rings. The first-order valence-corrected chi connectivity index (χ1v) is 6.94. The summed E-state index contributed by atoms with van der Waals surface area (Å²) in [6.07, 6.45) is -2.28. The number of halogens is 1. The highest BCUT2D eigenvalue weighted by atomic mass is 35.5. The number of aliphatic hydroxyl groups excluding tert-OH is 2.